The number of hydrogen-bond acceptors (Lipinski definition) is 3. The summed E-state index contributed by atoms with van der Waals surface area (Å²) >= 11 is 0. The van der Waals surface area contributed by atoms with Gasteiger partial charge in [-0.3, -0.25) is 4.99 Å². The molecule has 0 amide bonds. The molecule has 0 bridgehead atoms. The van der Waals surface area contributed by atoms with Crippen LogP contribution in [0.3, 0.4) is 0 Å². The number of benzene rings is 1. The smallest absolute Gasteiger partial charge is 0.191 e. The highest BCUT2D eigenvalue weighted by Crippen LogP contribution is 2.41. The van der Waals surface area contributed by atoms with Crippen LogP contribution >= 0.6 is 0 Å². The lowest BCUT2D eigenvalue weighted by Gasteiger charge is -2.25. The predicted molar refractivity (Wildman–Crippen MR) is 104 cm³/mol. The molecule has 2 rings (SSSR count). The van der Waals surface area contributed by atoms with Gasteiger partial charge in [0.05, 0.1) is 10.6 Å². The number of hydrogen-bond donors (Lipinski definition) is 2. The van der Waals surface area contributed by atoms with Gasteiger partial charge in [-0.25, -0.2) is 8.42 Å². The summed E-state index contributed by atoms with van der Waals surface area (Å²) in [4.78, 5) is 5.10. The van der Waals surface area contributed by atoms with E-state index in [0.717, 1.165) is 19.5 Å². The minimum Gasteiger partial charge on any atom is -0.357 e. The van der Waals surface area contributed by atoms with E-state index in [-0.39, 0.29) is 5.75 Å². The largest absolute Gasteiger partial charge is 0.357 e. The van der Waals surface area contributed by atoms with Gasteiger partial charge in [-0.05, 0) is 43.7 Å². The van der Waals surface area contributed by atoms with E-state index in [0.29, 0.717) is 22.8 Å². The molecule has 1 aromatic rings. The molecule has 0 saturated heterocycles. The average Bonchev–Trinajstić information content (AvgIpc) is 3.10. The predicted octanol–water partition coefficient (Wildman–Crippen LogP) is 2.99. The summed E-state index contributed by atoms with van der Waals surface area (Å²) in [5.74, 6) is 0.769. The lowest BCUT2D eigenvalue weighted by atomic mass is 9.84. The minimum atomic E-state index is -3.26. The monoisotopic (exact) mass is 365 g/mol. The van der Waals surface area contributed by atoms with Crippen molar-refractivity contribution in [2.45, 2.75) is 50.8 Å². The Morgan fingerprint density at radius 2 is 1.80 bits per heavy atom. The second-order valence-corrected chi connectivity index (χ2v) is 8.92. The highest BCUT2D eigenvalue weighted by molar-refractivity contribution is 7.91. The van der Waals surface area contributed by atoms with Crippen LogP contribution in [0.25, 0.3) is 0 Å². The summed E-state index contributed by atoms with van der Waals surface area (Å²) < 4.78 is 24.7. The third-order valence-electron chi connectivity index (χ3n) is 5.10. The molecule has 25 heavy (non-hydrogen) atoms. The Morgan fingerprint density at radius 3 is 2.40 bits per heavy atom. The Bertz CT molecular complexity index is 651. The van der Waals surface area contributed by atoms with E-state index in [9.17, 15) is 8.42 Å². The van der Waals surface area contributed by atoms with Crippen LogP contribution in [0.4, 0.5) is 0 Å². The molecule has 0 spiro atoms. The van der Waals surface area contributed by atoms with E-state index >= 15 is 0 Å². The zero-order chi connectivity index (χ0) is 18.2. The molecule has 1 fully saturated rings. The van der Waals surface area contributed by atoms with Gasteiger partial charge in [0.25, 0.3) is 0 Å². The highest BCUT2D eigenvalue weighted by atomic mass is 32.2. The minimum absolute atomic E-state index is 0.0559. The van der Waals surface area contributed by atoms with Crippen molar-refractivity contribution < 1.29 is 8.42 Å². The van der Waals surface area contributed by atoms with Crippen molar-refractivity contribution >= 4 is 15.8 Å². The molecule has 1 aromatic carbocycles. The Labute approximate surface area is 152 Å². The zero-order valence-corrected chi connectivity index (χ0v) is 16.2. The average molecular weight is 366 g/mol. The Balaban J connectivity index is 1.92. The lowest BCUT2D eigenvalue weighted by Crippen LogP contribution is -2.40. The van der Waals surface area contributed by atoms with Gasteiger partial charge in [-0.15, -0.1) is 0 Å². The van der Waals surface area contributed by atoms with Crippen LogP contribution < -0.4 is 10.6 Å². The molecule has 0 aromatic heterocycles. The van der Waals surface area contributed by atoms with Gasteiger partial charge in [-0.1, -0.05) is 38.0 Å². The summed E-state index contributed by atoms with van der Waals surface area (Å²) in [6.45, 7) is 6.18. The van der Waals surface area contributed by atoms with Crippen LogP contribution in [0.1, 0.15) is 46.0 Å². The molecule has 140 valence electrons. The summed E-state index contributed by atoms with van der Waals surface area (Å²) in [5, 5.41) is 6.39. The molecular weight excluding hydrogens is 334 g/mol. The van der Waals surface area contributed by atoms with Crippen molar-refractivity contribution in [2.24, 2.45) is 10.4 Å². The van der Waals surface area contributed by atoms with Gasteiger partial charge in [0.2, 0.25) is 0 Å². The van der Waals surface area contributed by atoms with E-state index < -0.39 is 9.84 Å². The summed E-state index contributed by atoms with van der Waals surface area (Å²) in [6.07, 6.45) is 6.23. The molecule has 0 radical (unpaired) electrons. The molecule has 1 saturated carbocycles. The molecule has 1 aliphatic carbocycles. The van der Waals surface area contributed by atoms with Gasteiger partial charge >= 0.3 is 0 Å². The molecule has 0 heterocycles. The standard InChI is InChI=1S/C19H31N3O2S/c1-3-19(12-8-9-13-19)16-22-18(20-4-2)21-14-15-25(23,24)17-10-6-5-7-11-17/h5-7,10-11H,3-4,8-9,12-16H2,1-2H3,(H2,20,21,22). The fourth-order valence-electron chi connectivity index (χ4n) is 3.39. The van der Waals surface area contributed by atoms with Gasteiger partial charge < -0.3 is 10.6 Å². The first-order valence-electron chi connectivity index (χ1n) is 9.31. The summed E-state index contributed by atoms with van der Waals surface area (Å²) in [6, 6.07) is 8.59. The first-order chi connectivity index (χ1) is 12.0. The maximum atomic E-state index is 12.3. The third-order valence-corrected chi connectivity index (χ3v) is 6.83. The molecule has 0 atom stereocenters. The number of nitrogens with one attached hydrogen (secondary N) is 2. The van der Waals surface area contributed by atoms with Crippen LogP contribution in [0.2, 0.25) is 0 Å². The Kier molecular flexibility index (Phi) is 7.29. The van der Waals surface area contributed by atoms with Gasteiger partial charge in [0, 0.05) is 19.6 Å². The molecule has 2 N–H and O–H groups in total. The summed E-state index contributed by atoms with van der Waals surface area (Å²) in [5.41, 5.74) is 0.332. The third kappa shape index (κ3) is 5.73. The van der Waals surface area contributed by atoms with Crippen molar-refractivity contribution in [2.75, 3.05) is 25.4 Å². The van der Waals surface area contributed by atoms with Gasteiger partial charge in [0.1, 0.15) is 0 Å². The number of nitrogens with zero attached hydrogens (tertiary/aromatic N) is 1. The second kappa shape index (κ2) is 9.22. The van der Waals surface area contributed by atoms with Crippen molar-refractivity contribution in [1.29, 1.82) is 0 Å². The van der Waals surface area contributed by atoms with E-state index in [2.05, 4.69) is 17.6 Å². The van der Waals surface area contributed by atoms with Crippen LogP contribution in [0.15, 0.2) is 40.2 Å². The molecule has 6 heteroatoms. The van der Waals surface area contributed by atoms with Crippen LogP contribution in [0, 0.1) is 5.41 Å². The first-order valence-corrected chi connectivity index (χ1v) is 11.0. The Hall–Kier alpha value is -1.56. The van der Waals surface area contributed by atoms with Gasteiger partial charge in [-0.2, -0.15) is 0 Å². The topological polar surface area (TPSA) is 70.6 Å². The fraction of sp³-hybridized carbons (Fsp3) is 0.632. The number of aliphatic imine (C=N–C) groups is 1. The van der Waals surface area contributed by atoms with Crippen LogP contribution in [-0.2, 0) is 9.84 Å². The maximum Gasteiger partial charge on any atom is 0.191 e. The summed E-state index contributed by atoms with van der Waals surface area (Å²) in [7, 11) is -3.26. The second-order valence-electron chi connectivity index (χ2n) is 6.81. The number of guanidine groups is 1. The van der Waals surface area contributed by atoms with Crippen molar-refractivity contribution in [1.82, 2.24) is 10.6 Å². The quantitative estimate of drug-likeness (QED) is 0.549. The van der Waals surface area contributed by atoms with Gasteiger partial charge in [0.15, 0.2) is 15.8 Å². The van der Waals surface area contributed by atoms with E-state index in [1.165, 1.54) is 25.7 Å². The highest BCUT2D eigenvalue weighted by Gasteiger charge is 2.31. The lowest BCUT2D eigenvalue weighted by molar-refractivity contribution is 0.297. The molecule has 0 aliphatic heterocycles. The van der Waals surface area contributed by atoms with Crippen molar-refractivity contribution in [3.05, 3.63) is 30.3 Å². The van der Waals surface area contributed by atoms with Crippen molar-refractivity contribution in [3.63, 3.8) is 0 Å². The fourth-order valence-corrected chi connectivity index (χ4v) is 4.56. The Morgan fingerprint density at radius 1 is 1.12 bits per heavy atom. The van der Waals surface area contributed by atoms with E-state index in [4.69, 9.17) is 4.99 Å². The molecule has 5 nitrogen and oxygen atoms in total. The maximum absolute atomic E-state index is 12.3. The van der Waals surface area contributed by atoms with Crippen molar-refractivity contribution in [3.8, 4) is 0 Å². The normalized spacial score (nSPS) is 17.4. The first kappa shape index (κ1) is 19.8. The number of sulfone groups is 1. The number of rotatable bonds is 8. The van der Waals surface area contributed by atoms with E-state index in [1.807, 2.05) is 13.0 Å². The SMILES string of the molecule is CCNC(=NCC1(CC)CCCC1)NCCS(=O)(=O)c1ccccc1. The van der Waals surface area contributed by atoms with E-state index in [1.54, 1.807) is 24.3 Å². The zero-order valence-electron chi connectivity index (χ0n) is 15.4. The molecule has 1 aliphatic rings. The van der Waals surface area contributed by atoms with Crippen LogP contribution in [0.5, 0.6) is 0 Å². The molecular formula is C19H31N3O2S. The van der Waals surface area contributed by atoms with Crippen LogP contribution in [-0.4, -0.2) is 39.8 Å². The molecule has 0 unspecified atom stereocenters.